The van der Waals surface area contributed by atoms with Crippen molar-refractivity contribution in [3.05, 3.63) is 125 Å². The van der Waals surface area contributed by atoms with E-state index in [1.165, 1.54) is 6.07 Å². The zero-order chi connectivity index (χ0) is 24.5. The summed E-state index contributed by atoms with van der Waals surface area (Å²) < 4.78 is 0. The molecule has 0 amide bonds. The van der Waals surface area contributed by atoms with Crippen LogP contribution in [0.15, 0.2) is 103 Å². The summed E-state index contributed by atoms with van der Waals surface area (Å²) in [5.74, 6) is -1.67. The molecular formula is C31H24O4. The van der Waals surface area contributed by atoms with Crippen LogP contribution in [0.25, 0.3) is 27.6 Å². The molecule has 3 N–H and O–H groups in total. The molecule has 35 heavy (non-hydrogen) atoms. The quantitative estimate of drug-likeness (QED) is 0.146. The van der Waals surface area contributed by atoms with Crippen molar-refractivity contribution in [1.29, 1.82) is 0 Å². The van der Waals surface area contributed by atoms with Gasteiger partial charge in [-0.25, -0.2) is 0 Å². The third-order valence-electron chi connectivity index (χ3n) is 6.29. The van der Waals surface area contributed by atoms with E-state index < -0.39 is 5.92 Å². The highest BCUT2D eigenvalue weighted by atomic mass is 16.3. The van der Waals surface area contributed by atoms with E-state index in [1.807, 2.05) is 66.7 Å². The highest BCUT2D eigenvalue weighted by Gasteiger charge is 2.31. The molecule has 0 saturated carbocycles. The average molecular weight is 461 g/mol. The normalized spacial score (nSPS) is 12.7. The fourth-order valence-corrected chi connectivity index (χ4v) is 4.71. The number of carbonyl (C=O) groups excluding carboxylic acids is 1. The second-order valence-electron chi connectivity index (χ2n) is 8.66. The summed E-state index contributed by atoms with van der Waals surface area (Å²) in [6.07, 6.45) is 1.55. The number of aliphatic hydroxyl groups is 1. The molecule has 0 aliphatic rings. The van der Waals surface area contributed by atoms with Gasteiger partial charge in [0, 0.05) is 11.1 Å². The molecule has 0 spiro atoms. The molecule has 1 atom stereocenters. The van der Waals surface area contributed by atoms with Gasteiger partial charge in [0.1, 0.15) is 0 Å². The van der Waals surface area contributed by atoms with Gasteiger partial charge in [-0.2, -0.15) is 0 Å². The van der Waals surface area contributed by atoms with Gasteiger partial charge in [-0.3, -0.25) is 4.79 Å². The first-order chi connectivity index (χ1) is 16.9. The number of hydrogen-bond donors (Lipinski definition) is 3. The SMILES string of the molecule is C/C(O)=C\c1ccccc1C(=O)C(c1ccc2ccccc2c1)c1c(O)c(O)cc2ccccc12. The van der Waals surface area contributed by atoms with Crippen LogP contribution in [0.3, 0.4) is 0 Å². The van der Waals surface area contributed by atoms with Crippen molar-refractivity contribution in [3.8, 4) is 11.5 Å². The molecule has 5 aromatic carbocycles. The van der Waals surface area contributed by atoms with Crippen LogP contribution in [-0.2, 0) is 0 Å². The molecular weight excluding hydrogens is 436 g/mol. The maximum absolute atomic E-state index is 14.3. The van der Waals surface area contributed by atoms with E-state index in [4.69, 9.17) is 0 Å². The number of ketones is 1. The van der Waals surface area contributed by atoms with Crippen LogP contribution in [0.4, 0.5) is 0 Å². The Morgan fingerprint density at radius 1 is 0.771 bits per heavy atom. The number of aliphatic hydroxyl groups excluding tert-OH is 1. The fourth-order valence-electron chi connectivity index (χ4n) is 4.71. The molecule has 4 nitrogen and oxygen atoms in total. The van der Waals surface area contributed by atoms with Crippen molar-refractivity contribution in [2.45, 2.75) is 12.8 Å². The zero-order valence-electron chi connectivity index (χ0n) is 19.1. The predicted octanol–water partition coefficient (Wildman–Crippen LogP) is 7.34. The number of allylic oxidation sites excluding steroid dienone is 1. The van der Waals surface area contributed by atoms with Crippen LogP contribution in [0.1, 0.15) is 39.9 Å². The molecule has 172 valence electrons. The van der Waals surface area contributed by atoms with Crippen LogP contribution >= 0.6 is 0 Å². The minimum Gasteiger partial charge on any atom is -0.513 e. The molecule has 0 aliphatic carbocycles. The number of carbonyl (C=O) groups is 1. The lowest BCUT2D eigenvalue weighted by atomic mass is 9.80. The third kappa shape index (κ3) is 4.11. The van der Waals surface area contributed by atoms with Gasteiger partial charge in [0.15, 0.2) is 17.3 Å². The molecule has 0 saturated heterocycles. The lowest BCUT2D eigenvalue weighted by molar-refractivity contribution is 0.0973. The van der Waals surface area contributed by atoms with Gasteiger partial charge >= 0.3 is 0 Å². The number of benzene rings is 5. The molecule has 5 rings (SSSR count). The average Bonchev–Trinajstić information content (AvgIpc) is 2.86. The van der Waals surface area contributed by atoms with Crippen molar-refractivity contribution < 1.29 is 20.1 Å². The van der Waals surface area contributed by atoms with E-state index in [0.29, 0.717) is 27.6 Å². The largest absolute Gasteiger partial charge is 0.513 e. The van der Waals surface area contributed by atoms with Crippen molar-refractivity contribution in [2.75, 3.05) is 0 Å². The highest BCUT2D eigenvalue weighted by Crippen LogP contribution is 2.44. The van der Waals surface area contributed by atoms with Gasteiger partial charge in [-0.1, -0.05) is 91.0 Å². The fraction of sp³-hybridized carbons (Fsp3) is 0.0645. The number of hydrogen-bond acceptors (Lipinski definition) is 4. The Labute approximate surface area is 203 Å². The van der Waals surface area contributed by atoms with Crippen LogP contribution in [0.5, 0.6) is 11.5 Å². The first-order valence-electron chi connectivity index (χ1n) is 11.4. The maximum atomic E-state index is 14.3. The molecule has 0 heterocycles. The summed E-state index contributed by atoms with van der Waals surface area (Å²) in [5, 5.41) is 35.0. The monoisotopic (exact) mass is 460 g/mol. The second kappa shape index (κ2) is 8.99. The number of aromatic hydroxyl groups is 2. The van der Waals surface area contributed by atoms with E-state index in [2.05, 4.69) is 0 Å². The van der Waals surface area contributed by atoms with E-state index in [1.54, 1.807) is 37.3 Å². The van der Waals surface area contributed by atoms with Crippen molar-refractivity contribution >= 4 is 33.4 Å². The Bertz CT molecular complexity index is 1610. The minimum atomic E-state index is -0.898. The molecule has 0 bridgehead atoms. The first-order valence-corrected chi connectivity index (χ1v) is 11.4. The summed E-state index contributed by atoms with van der Waals surface area (Å²) in [5.41, 5.74) is 2.03. The van der Waals surface area contributed by atoms with Crippen LogP contribution in [0.2, 0.25) is 0 Å². The van der Waals surface area contributed by atoms with Crippen LogP contribution in [0, 0.1) is 0 Å². The molecule has 5 aromatic rings. The lowest BCUT2D eigenvalue weighted by Gasteiger charge is -2.22. The van der Waals surface area contributed by atoms with Crippen molar-refractivity contribution in [1.82, 2.24) is 0 Å². The Kier molecular flexibility index (Phi) is 5.71. The Hall–Kier alpha value is -4.57. The minimum absolute atomic E-state index is 0.0816. The zero-order valence-corrected chi connectivity index (χ0v) is 19.1. The second-order valence-corrected chi connectivity index (χ2v) is 8.66. The number of phenols is 2. The molecule has 0 radical (unpaired) electrons. The number of rotatable bonds is 5. The van der Waals surface area contributed by atoms with Gasteiger partial charge in [-0.15, -0.1) is 0 Å². The van der Waals surface area contributed by atoms with E-state index in [9.17, 15) is 20.1 Å². The van der Waals surface area contributed by atoms with Crippen molar-refractivity contribution in [2.24, 2.45) is 0 Å². The molecule has 0 aromatic heterocycles. The summed E-state index contributed by atoms with van der Waals surface area (Å²) >= 11 is 0. The Balaban J connectivity index is 1.82. The van der Waals surface area contributed by atoms with Crippen LogP contribution < -0.4 is 0 Å². The topological polar surface area (TPSA) is 77.8 Å². The summed E-state index contributed by atoms with van der Waals surface area (Å²) in [4.78, 5) is 14.3. The van der Waals surface area contributed by atoms with Gasteiger partial charge in [0.25, 0.3) is 0 Å². The van der Waals surface area contributed by atoms with Crippen molar-refractivity contribution in [3.63, 3.8) is 0 Å². The smallest absolute Gasteiger partial charge is 0.175 e. The highest BCUT2D eigenvalue weighted by molar-refractivity contribution is 6.09. The predicted molar refractivity (Wildman–Crippen MR) is 140 cm³/mol. The maximum Gasteiger partial charge on any atom is 0.175 e. The van der Waals surface area contributed by atoms with Gasteiger partial charge in [0.05, 0.1) is 11.7 Å². The van der Waals surface area contributed by atoms with E-state index >= 15 is 0 Å². The first kappa shape index (κ1) is 22.2. The third-order valence-corrected chi connectivity index (χ3v) is 6.29. The molecule has 0 fully saturated rings. The molecule has 4 heteroatoms. The lowest BCUT2D eigenvalue weighted by Crippen LogP contribution is -2.16. The van der Waals surface area contributed by atoms with E-state index in [-0.39, 0.29) is 23.0 Å². The Morgan fingerprint density at radius 2 is 1.43 bits per heavy atom. The summed E-state index contributed by atoms with van der Waals surface area (Å²) in [6.45, 7) is 1.55. The van der Waals surface area contributed by atoms with Gasteiger partial charge in [0.2, 0.25) is 0 Å². The van der Waals surface area contributed by atoms with Gasteiger partial charge in [-0.05, 0) is 51.7 Å². The van der Waals surface area contributed by atoms with Gasteiger partial charge < -0.3 is 15.3 Å². The summed E-state index contributed by atoms with van der Waals surface area (Å²) in [6, 6.07) is 29.6. The van der Waals surface area contributed by atoms with Crippen LogP contribution in [-0.4, -0.2) is 21.1 Å². The summed E-state index contributed by atoms with van der Waals surface area (Å²) in [7, 11) is 0. The number of phenolic OH excluding ortho intramolecular Hbond substituents is 2. The van der Waals surface area contributed by atoms with E-state index in [0.717, 1.165) is 16.2 Å². The molecule has 1 unspecified atom stereocenters. The Morgan fingerprint density at radius 3 is 2.20 bits per heavy atom. The number of fused-ring (bicyclic) bond motifs is 2. The molecule has 0 aliphatic heterocycles. The number of Topliss-reactive ketones (excluding diaryl/α,β-unsaturated/α-hetero) is 1. The standard InChI is InChI=1S/C31H24O4/c1-19(32)16-22-10-5-7-13-26(22)30(34)28(24-15-14-20-8-2-3-9-21(20)17-24)29-25-12-6-4-11-23(25)18-27(33)31(29)35/h2-18,28,32-33,35H,1H3/b19-16+.